The van der Waals surface area contributed by atoms with Gasteiger partial charge in [-0.15, -0.1) is 0 Å². The Labute approximate surface area is 239 Å². The summed E-state index contributed by atoms with van der Waals surface area (Å²) in [4.78, 5) is 8.81. The topological polar surface area (TPSA) is 36.8 Å². The van der Waals surface area contributed by atoms with Crippen molar-refractivity contribution >= 4 is 40.8 Å². The number of nitrogens with one attached hydrogen (secondary N) is 1. The van der Waals surface area contributed by atoms with E-state index < -0.39 is 0 Å². The number of anilines is 2. The lowest BCUT2D eigenvalue weighted by Gasteiger charge is -2.32. The summed E-state index contributed by atoms with van der Waals surface area (Å²) >= 11 is 0. The first-order valence-electron chi connectivity index (χ1n) is 13.9. The average Bonchev–Trinajstić information content (AvgIpc) is 3.03. The number of rotatable bonds is 7. The van der Waals surface area contributed by atoms with Crippen LogP contribution in [0.15, 0.2) is 143 Å². The summed E-state index contributed by atoms with van der Waals surface area (Å²) in [5.74, 6) is 0. The minimum Gasteiger partial charge on any atom is -0.353 e. The van der Waals surface area contributed by atoms with Crippen LogP contribution in [0.25, 0.3) is 28.1 Å². The lowest BCUT2D eigenvalue weighted by molar-refractivity contribution is 0.692. The molecule has 1 aliphatic heterocycles. The predicted octanol–water partition coefficient (Wildman–Crippen LogP) is 8.31. The molecule has 0 radical (unpaired) electrons. The van der Waals surface area contributed by atoms with Crippen molar-refractivity contribution in [2.75, 3.05) is 5.32 Å². The van der Waals surface area contributed by atoms with E-state index in [1.54, 1.807) is 0 Å². The second kappa shape index (κ2) is 10.0. The third-order valence-corrected chi connectivity index (χ3v) is 8.34. The summed E-state index contributed by atoms with van der Waals surface area (Å²) in [6.07, 6.45) is 1.90. The van der Waals surface area contributed by atoms with E-state index >= 15 is 0 Å². The van der Waals surface area contributed by atoms with Gasteiger partial charge in [-0.2, -0.15) is 0 Å². The van der Waals surface area contributed by atoms with Crippen molar-refractivity contribution in [2.45, 2.75) is 12.3 Å². The van der Waals surface area contributed by atoms with Crippen molar-refractivity contribution in [1.29, 1.82) is 0 Å². The van der Waals surface area contributed by atoms with Crippen molar-refractivity contribution in [2.24, 2.45) is 9.98 Å². The third-order valence-electron chi connectivity index (χ3n) is 8.34. The maximum absolute atomic E-state index is 4.47. The van der Waals surface area contributed by atoms with Crippen LogP contribution in [0.2, 0.25) is 0 Å². The van der Waals surface area contributed by atoms with Gasteiger partial charge in [-0.1, -0.05) is 121 Å². The SMILES string of the molecule is C=Nc1c(Nc2ccc(-c3ccc(C(C)(c4ccccc4)c4ccccc4)cc3)cc2)c2ccccc2c2c1=NC=2. The molecule has 6 aromatic rings. The summed E-state index contributed by atoms with van der Waals surface area (Å²) < 4.78 is 0. The van der Waals surface area contributed by atoms with Crippen molar-refractivity contribution < 1.29 is 0 Å². The van der Waals surface area contributed by atoms with Crippen LogP contribution >= 0.6 is 0 Å². The molecular formula is C38H29N3. The molecule has 0 amide bonds. The second-order valence-electron chi connectivity index (χ2n) is 10.6. The van der Waals surface area contributed by atoms with E-state index in [-0.39, 0.29) is 5.41 Å². The van der Waals surface area contributed by atoms with Gasteiger partial charge in [0.2, 0.25) is 0 Å². The fraction of sp³-hybridized carbons (Fsp3) is 0.0526. The number of hydrogen-bond acceptors (Lipinski definition) is 3. The normalized spacial score (nSPS) is 12.0. The zero-order valence-corrected chi connectivity index (χ0v) is 22.9. The van der Waals surface area contributed by atoms with Crippen molar-refractivity contribution in [3.05, 3.63) is 161 Å². The molecule has 7 rings (SSSR count). The van der Waals surface area contributed by atoms with Gasteiger partial charge >= 0.3 is 0 Å². The molecule has 1 heterocycles. The fourth-order valence-corrected chi connectivity index (χ4v) is 5.97. The quantitative estimate of drug-likeness (QED) is 0.164. The first-order valence-corrected chi connectivity index (χ1v) is 13.9. The lowest BCUT2D eigenvalue weighted by Crippen LogP contribution is -2.32. The maximum atomic E-state index is 4.47. The maximum Gasteiger partial charge on any atom is 0.113 e. The molecule has 3 nitrogen and oxygen atoms in total. The zero-order chi connectivity index (χ0) is 27.8. The monoisotopic (exact) mass is 527 g/mol. The van der Waals surface area contributed by atoms with Crippen LogP contribution in [-0.4, -0.2) is 6.72 Å². The number of hydrogen-bond donors (Lipinski definition) is 1. The van der Waals surface area contributed by atoms with Gasteiger partial charge in [0, 0.05) is 27.9 Å². The molecule has 0 saturated carbocycles. The molecule has 0 bridgehead atoms. The second-order valence-corrected chi connectivity index (χ2v) is 10.6. The first-order chi connectivity index (χ1) is 20.2. The minimum atomic E-state index is -0.254. The third kappa shape index (κ3) is 4.14. The molecule has 6 aromatic carbocycles. The first kappa shape index (κ1) is 24.7. The van der Waals surface area contributed by atoms with Crippen LogP contribution in [0.1, 0.15) is 23.6 Å². The van der Waals surface area contributed by atoms with Crippen LogP contribution in [-0.2, 0) is 5.41 Å². The molecular weight excluding hydrogens is 498 g/mol. The van der Waals surface area contributed by atoms with Gasteiger partial charge in [-0.25, -0.2) is 0 Å². The molecule has 196 valence electrons. The van der Waals surface area contributed by atoms with Gasteiger partial charge in [0.05, 0.1) is 5.69 Å². The summed E-state index contributed by atoms with van der Waals surface area (Å²) in [5.41, 5.74) is 8.62. The van der Waals surface area contributed by atoms with E-state index in [9.17, 15) is 0 Å². The molecule has 0 spiro atoms. The zero-order valence-electron chi connectivity index (χ0n) is 22.9. The van der Waals surface area contributed by atoms with Gasteiger partial charge in [0.25, 0.3) is 0 Å². The summed E-state index contributed by atoms with van der Waals surface area (Å²) in [5, 5.41) is 7.91. The van der Waals surface area contributed by atoms with E-state index in [0.717, 1.165) is 38.6 Å². The molecule has 0 saturated heterocycles. The highest BCUT2D eigenvalue weighted by atomic mass is 14.9. The smallest absolute Gasteiger partial charge is 0.113 e. The van der Waals surface area contributed by atoms with Crippen molar-refractivity contribution in [1.82, 2.24) is 0 Å². The molecule has 0 fully saturated rings. The number of nitrogens with zero attached hydrogens (tertiary/aromatic N) is 2. The van der Waals surface area contributed by atoms with E-state index in [4.69, 9.17) is 0 Å². The Morgan fingerprint density at radius 1 is 0.610 bits per heavy atom. The van der Waals surface area contributed by atoms with Gasteiger partial charge in [-0.05, 0) is 59.0 Å². The molecule has 0 aromatic heterocycles. The highest BCUT2D eigenvalue weighted by Gasteiger charge is 2.30. The van der Waals surface area contributed by atoms with Gasteiger partial charge in [0.1, 0.15) is 11.0 Å². The highest BCUT2D eigenvalue weighted by molar-refractivity contribution is 6.02. The van der Waals surface area contributed by atoms with Gasteiger partial charge < -0.3 is 5.32 Å². The Hall–Kier alpha value is -5.28. The largest absolute Gasteiger partial charge is 0.353 e. The van der Waals surface area contributed by atoms with Crippen LogP contribution < -0.4 is 15.9 Å². The Balaban J connectivity index is 1.20. The Morgan fingerprint density at radius 2 is 1.12 bits per heavy atom. The molecule has 41 heavy (non-hydrogen) atoms. The number of benzene rings is 6. The number of fused-ring (bicyclic) bond motifs is 3. The molecule has 3 heteroatoms. The predicted molar refractivity (Wildman–Crippen MR) is 172 cm³/mol. The standard InChI is InChI=1S/C38H29N3/c1-38(28-11-5-3-6-12-28,29-13-7-4-8-14-29)30-21-17-26(18-22-30)27-19-23-31(24-20-27)41-36-33-16-10-9-15-32(33)34-25-40-35(34)37(36)39-2/h3-25,41H,2H2,1H3. The Kier molecular flexibility index (Phi) is 6.06. The Morgan fingerprint density at radius 3 is 1.66 bits per heavy atom. The van der Waals surface area contributed by atoms with E-state index in [2.05, 4.69) is 162 Å². The van der Waals surface area contributed by atoms with Crippen molar-refractivity contribution in [3.63, 3.8) is 0 Å². The van der Waals surface area contributed by atoms with E-state index in [1.165, 1.54) is 27.6 Å². The van der Waals surface area contributed by atoms with Gasteiger partial charge in [0.15, 0.2) is 0 Å². The number of aliphatic imine (C=N–C) groups is 1. The van der Waals surface area contributed by atoms with Crippen molar-refractivity contribution in [3.8, 4) is 11.1 Å². The van der Waals surface area contributed by atoms with Crippen LogP contribution in [0.4, 0.5) is 17.1 Å². The summed E-state index contributed by atoms with van der Waals surface area (Å²) in [6, 6.07) is 47.4. The van der Waals surface area contributed by atoms with Crippen LogP contribution in [0.3, 0.4) is 0 Å². The molecule has 1 aliphatic rings. The summed E-state index contributed by atoms with van der Waals surface area (Å²) in [6.45, 7) is 6.14. The summed E-state index contributed by atoms with van der Waals surface area (Å²) in [7, 11) is 0. The highest BCUT2D eigenvalue weighted by Crippen LogP contribution is 2.39. The average molecular weight is 528 g/mol. The molecule has 1 N–H and O–H groups in total. The van der Waals surface area contributed by atoms with E-state index in [1.807, 2.05) is 6.20 Å². The van der Waals surface area contributed by atoms with Crippen LogP contribution in [0.5, 0.6) is 0 Å². The van der Waals surface area contributed by atoms with Crippen LogP contribution in [0, 0.1) is 0 Å². The minimum absolute atomic E-state index is 0.254. The molecule has 0 atom stereocenters. The fourth-order valence-electron chi connectivity index (χ4n) is 5.97. The lowest BCUT2D eigenvalue weighted by atomic mass is 9.71. The Bertz CT molecular complexity index is 1970. The van der Waals surface area contributed by atoms with E-state index in [0.29, 0.717) is 0 Å². The molecule has 0 aliphatic carbocycles. The molecule has 0 unspecified atom stereocenters. The van der Waals surface area contributed by atoms with Gasteiger partial charge in [-0.3, -0.25) is 9.98 Å².